The third kappa shape index (κ3) is 2.70. The summed E-state index contributed by atoms with van der Waals surface area (Å²) in [6, 6.07) is 5.23. The molecule has 1 rings (SSSR count). The average Bonchev–Trinajstić information content (AvgIpc) is 2.21. The normalized spacial score (nSPS) is 10.1. The van der Waals surface area contributed by atoms with E-state index in [9.17, 15) is 4.79 Å². The summed E-state index contributed by atoms with van der Waals surface area (Å²) in [4.78, 5) is 13.3. The molecule has 0 spiro atoms. The molecule has 0 aliphatic rings. The van der Waals surface area contributed by atoms with Crippen LogP contribution in [0.2, 0.25) is 5.02 Å². The third-order valence-corrected chi connectivity index (χ3v) is 2.69. The number of carbonyl (C=O) groups excluding carboxylic acids is 1. The summed E-state index contributed by atoms with van der Waals surface area (Å²) in [5.41, 5.74) is 1.35. The highest BCUT2D eigenvalue weighted by Crippen LogP contribution is 2.19. The topological polar surface area (TPSA) is 40.5 Å². The zero-order valence-electron chi connectivity index (χ0n) is 8.83. The summed E-state index contributed by atoms with van der Waals surface area (Å²) in [5, 5.41) is 9.32. The molecule has 0 atom stereocenters. The maximum Gasteiger partial charge on any atom is 0.253 e. The monoisotopic (exact) mass is 227 g/mol. The van der Waals surface area contributed by atoms with Gasteiger partial charge >= 0.3 is 0 Å². The molecule has 15 heavy (non-hydrogen) atoms. The fraction of sp³-hybridized carbons (Fsp3) is 0.364. The first kappa shape index (κ1) is 12.0. The second kappa shape index (κ2) is 5.14. The molecule has 0 bridgehead atoms. The van der Waals surface area contributed by atoms with Gasteiger partial charge in [-0.2, -0.15) is 0 Å². The first-order valence-corrected chi connectivity index (χ1v) is 5.07. The van der Waals surface area contributed by atoms with Gasteiger partial charge in [0.15, 0.2) is 0 Å². The SMILES string of the molecule is Cc1c(Cl)cccc1C(=O)N(C)CCO. The van der Waals surface area contributed by atoms with Crippen molar-refractivity contribution in [2.45, 2.75) is 6.92 Å². The molecular weight excluding hydrogens is 214 g/mol. The maximum atomic E-state index is 11.9. The Morgan fingerprint density at radius 1 is 1.53 bits per heavy atom. The number of amides is 1. The molecule has 82 valence electrons. The van der Waals surface area contributed by atoms with Crippen LogP contribution in [0.1, 0.15) is 15.9 Å². The highest BCUT2D eigenvalue weighted by molar-refractivity contribution is 6.31. The van der Waals surface area contributed by atoms with Gasteiger partial charge in [-0.25, -0.2) is 0 Å². The third-order valence-electron chi connectivity index (χ3n) is 2.28. The smallest absolute Gasteiger partial charge is 0.253 e. The van der Waals surface area contributed by atoms with E-state index >= 15 is 0 Å². The van der Waals surface area contributed by atoms with Gasteiger partial charge in [0.2, 0.25) is 0 Å². The Bertz CT molecular complexity index is 366. The summed E-state index contributed by atoms with van der Waals surface area (Å²) in [6.07, 6.45) is 0. The number of aliphatic hydroxyl groups is 1. The van der Waals surface area contributed by atoms with E-state index in [4.69, 9.17) is 16.7 Å². The molecule has 0 heterocycles. The first-order valence-electron chi connectivity index (χ1n) is 4.69. The van der Waals surface area contributed by atoms with Crippen LogP contribution in [-0.4, -0.2) is 36.1 Å². The van der Waals surface area contributed by atoms with Crippen molar-refractivity contribution in [2.24, 2.45) is 0 Å². The summed E-state index contributed by atoms with van der Waals surface area (Å²) in [5.74, 6) is -0.121. The summed E-state index contributed by atoms with van der Waals surface area (Å²) in [7, 11) is 1.65. The fourth-order valence-corrected chi connectivity index (χ4v) is 1.47. The Labute approximate surface area is 94.3 Å². The second-order valence-corrected chi connectivity index (χ2v) is 3.77. The molecule has 0 radical (unpaired) electrons. The van der Waals surface area contributed by atoms with Gasteiger partial charge in [0.1, 0.15) is 0 Å². The van der Waals surface area contributed by atoms with Crippen molar-refractivity contribution < 1.29 is 9.90 Å². The highest BCUT2D eigenvalue weighted by atomic mass is 35.5. The first-order chi connectivity index (χ1) is 7.07. The minimum Gasteiger partial charge on any atom is -0.395 e. The molecule has 1 amide bonds. The van der Waals surface area contributed by atoms with E-state index in [0.29, 0.717) is 17.1 Å². The van der Waals surface area contributed by atoms with Gasteiger partial charge in [-0.05, 0) is 24.6 Å². The quantitative estimate of drug-likeness (QED) is 0.854. The van der Waals surface area contributed by atoms with Gasteiger partial charge in [0.25, 0.3) is 5.91 Å². The van der Waals surface area contributed by atoms with Crippen LogP contribution in [0.3, 0.4) is 0 Å². The summed E-state index contributed by atoms with van der Waals surface area (Å²) >= 11 is 5.92. The minimum absolute atomic E-state index is 0.0398. The van der Waals surface area contributed by atoms with E-state index in [1.165, 1.54) is 4.90 Å². The van der Waals surface area contributed by atoms with Crippen LogP contribution in [0.15, 0.2) is 18.2 Å². The number of hydrogen-bond donors (Lipinski definition) is 1. The number of rotatable bonds is 3. The van der Waals surface area contributed by atoms with Crippen LogP contribution in [0.25, 0.3) is 0 Å². The summed E-state index contributed by atoms with van der Waals surface area (Å²) in [6.45, 7) is 2.09. The lowest BCUT2D eigenvalue weighted by Crippen LogP contribution is -2.30. The van der Waals surface area contributed by atoms with Crippen molar-refractivity contribution in [3.05, 3.63) is 34.3 Å². The van der Waals surface area contributed by atoms with Gasteiger partial charge in [-0.3, -0.25) is 4.79 Å². The van der Waals surface area contributed by atoms with Crippen LogP contribution >= 0.6 is 11.6 Å². The van der Waals surface area contributed by atoms with Crippen LogP contribution in [0, 0.1) is 6.92 Å². The Kier molecular flexibility index (Phi) is 4.12. The Morgan fingerprint density at radius 3 is 2.80 bits per heavy atom. The van der Waals surface area contributed by atoms with Crippen molar-refractivity contribution in [3.8, 4) is 0 Å². The molecule has 0 saturated carbocycles. The molecule has 0 unspecified atom stereocenters. The zero-order chi connectivity index (χ0) is 11.4. The second-order valence-electron chi connectivity index (χ2n) is 3.36. The van der Waals surface area contributed by atoms with Crippen molar-refractivity contribution in [1.29, 1.82) is 0 Å². The molecule has 1 aromatic rings. The number of aliphatic hydroxyl groups excluding tert-OH is 1. The lowest BCUT2D eigenvalue weighted by molar-refractivity contribution is 0.0766. The minimum atomic E-state index is -0.121. The predicted octanol–water partition coefficient (Wildman–Crippen LogP) is 1.71. The lowest BCUT2D eigenvalue weighted by atomic mass is 10.1. The van der Waals surface area contributed by atoms with Crippen LogP contribution in [0.5, 0.6) is 0 Å². The molecular formula is C11H14ClNO2. The molecule has 1 N–H and O–H groups in total. The maximum absolute atomic E-state index is 11.9. The van der Waals surface area contributed by atoms with E-state index in [-0.39, 0.29) is 12.5 Å². The number of nitrogens with zero attached hydrogens (tertiary/aromatic N) is 1. The molecule has 4 heteroatoms. The van der Waals surface area contributed by atoms with Crippen LogP contribution < -0.4 is 0 Å². The van der Waals surface area contributed by atoms with E-state index in [1.54, 1.807) is 25.2 Å². The van der Waals surface area contributed by atoms with E-state index in [1.807, 2.05) is 6.92 Å². The average molecular weight is 228 g/mol. The molecule has 3 nitrogen and oxygen atoms in total. The Morgan fingerprint density at radius 2 is 2.20 bits per heavy atom. The van der Waals surface area contributed by atoms with Crippen LogP contribution in [0.4, 0.5) is 0 Å². The van der Waals surface area contributed by atoms with E-state index < -0.39 is 0 Å². The number of halogens is 1. The fourth-order valence-electron chi connectivity index (χ4n) is 1.30. The molecule has 0 fully saturated rings. The molecule has 0 aliphatic heterocycles. The summed E-state index contributed by atoms with van der Waals surface area (Å²) < 4.78 is 0. The van der Waals surface area contributed by atoms with Crippen LogP contribution in [-0.2, 0) is 0 Å². The number of hydrogen-bond acceptors (Lipinski definition) is 2. The molecule has 0 aromatic heterocycles. The van der Waals surface area contributed by atoms with E-state index in [2.05, 4.69) is 0 Å². The van der Waals surface area contributed by atoms with Gasteiger partial charge in [-0.1, -0.05) is 17.7 Å². The van der Waals surface area contributed by atoms with Gasteiger partial charge in [0.05, 0.1) is 6.61 Å². The Balaban J connectivity index is 2.96. The van der Waals surface area contributed by atoms with Gasteiger partial charge < -0.3 is 10.0 Å². The zero-order valence-corrected chi connectivity index (χ0v) is 9.58. The highest BCUT2D eigenvalue weighted by Gasteiger charge is 2.14. The van der Waals surface area contributed by atoms with Crippen molar-refractivity contribution >= 4 is 17.5 Å². The molecule has 0 aliphatic carbocycles. The number of benzene rings is 1. The predicted molar refractivity (Wildman–Crippen MR) is 60.2 cm³/mol. The van der Waals surface area contributed by atoms with Crippen molar-refractivity contribution in [3.63, 3.8) is 0 Å². The number of likely N-dealkylation sites (N-methyl/N-ethyl adjacent to an activating group) is 1. The largest absolute Gasteiger partial charge is 0.395 e. The Hall–Kier alpha value is -1.06. The van der Waals surface area contributed by atoms with Crippen molar-refractivity contribution in [1.82, 2.24) is 4.90 Å². The lowest BCUT2D eigenvalue weighted by Gasteiger charge is -2.17. The van der Waals surface area contributed by atoms with Crippen molar-refractivity contribution in [2.75, 3.05) is 20.2 Å². The van der Waals surface area contributed by atoms with E-state index in [0.717, 1.165) is 5.56 Å². The molecule has 0 saturated heterocycles. The molecule has 1 aromatic carbocycles. The van der Waals surface area contributed by atoms with Gasteiger partial charge in [0, 0.05) is 24.2 Å². The number of carbonyl (C=O) groups is 1. The van der Waals surface area contributed by atoms with Gasteiger partial charge in [-0.15, -0.1) is 0 Å². The standard InChI is InChI=1S/C11H14ClNO2/c1-8-9(4-3-5-10(8)12)11(15)13(2)6-7-14/h3-5,14H,6-7H2,1-2H3.